The molecule has 0 heterocycles. The minimum Gasteiger partial charge on any atom is -0.354 e. The second-order valence-corrected chi connectivity index (χ2v) is 11.3. The smallest absolute Gasteiger partial charge is 0.244 e. The van der Waals surface area contributed by atoms with Crippen molar-refractivity contribution >= 4 is 43.5 Å². The number of nitrogens with one attached hydrogen (secondary N) is 1. The van der Waals surface area contributed by atoms with Crippen molar-refractivity contribution in [1.82, 2.24) is 10.2 Å². The largest absolute Gasteiger partial charge is 0.354 e. The van der Waals surface area contributed by atoms with Gasteiger partial charge in [0.15, 0.2) is 0 Å². The highest BCUT2D eigenvalue weighted by atomic mass is 79.9. The van der Waals surface area contributed by atoms with E-state index in [-0.39, 0.29) is 12.5 Å². The molecule has 7 nitrogen and oxygen atoms in total. The molecule has 2 aromatic carbocycles. The molecule has 0 unspecified atom stereocenters. The standard InChI is InChI=1S/C25H34BrN3O4S/c1-6-7-14-27-25(31)20(4)28(16-21-11-9-12-22(26)15-21)24(30)17-29(34(5,32)33)23-13-8-10-18(2)19(23)3/h8-13,15,20H,6-7,14,16-17H2,1-5H3,(H,27,31)/t20-/m0/s1. The van der Waals surface area contributed by atoms with Crippen molar-refractivity contribution in [2.24, 2.45) is 0 Å². The first-order valence-electron chi connectivity index (χ1n) is 11.3. The van der Waals surface area contributed by atoms with E-state index in [0.29, 0.717) is 12.2 Å². The first-order valence-corrected chi connectivity index (χ1v) is 13.9. The van der Waals surface area contributed by atoms with E-state index in [1.807, 2.05) is 51.1 Å². The second-order valence-electron chi connectivity index (χ2n) is 8.46. The van der Waals surface area contributed by atoms with E-state index in [1.54, 1.807) is 19.1 Å². The van der Waals surface area contributed by atoms with E-state index in [0.717, 1.165) is 44.6 Å². The summed E-state index contributed by atoms with van der Waals surface area (Å²) in [7, 11) is -3.75. The predicted molar refractivity (Wildman–Crippen MR) is 140 cm³/mol. The lowest BCUT2D eigenvalue weighted by Gasteiger charge is -2.32. The van der Waals surface area contributed by atoms with Crippen molar-refractivity contribution < 1.29 is 18.0 Å². The van der Waals surface area contributed by atoms with E-state index >= 15 is 0 Å². The molecule has 0 bridgehead atoms. The number of unbranched alkanes of at least 4 members (excludes halogenated alkanes) is 1. The molecule has 9 heteroatoms. The topological polar surface area (TPSA) is 86.8 Å². The van der Waals surface area contributed by atoms with Crippen LogP contribution in [-0.4, -0.2) is 50.5 Å². The van der Waals surface area contributed by atoms with Crippen LogP contribution < -0.4 is 9.62 Å². The summed E-state index contributed by atoms with van der Waals surface area (Å²) in [5, 5.41) is 2.87. The summed E-state index contributed by atoms with van der Waals surface area (Å²) in [6, 6.07) is 12.0. The van der Waals surface area contributed by atoms with Gasteiger partial charge in [0.05, 0.1) is 11.9 Å². The predicted octanol–water partition coefficient (Wildman–Crippen LogP) is 4.17. The quantitative estimate of drug-likeness (QED) is 0.424. The van der Waals surface area contributed by atoms with Crippen molar-refractivity contribution in [2.45, 2.75) is 53.1 Å². The fourth-order valence-electron chi connectivity index (χ4n) is 3.55. The third-order valence-electron chi connectivity index (χ3n) is 5.76. The van der Waals surface area contributed by atoms with E-state index in [1.165, 1.54) is 4.90 Å². The molecule has 1 N–H and O–H groups in total. The average molecular weight is 553 g/mol. The summed E-state index contributed by atoms with van der Waals surface area (Å²) in [5.74, 6) is -0.723. The molecule has 0 aliphatic heterocycles. The number of aryl methyl sites for hydroxylation is 1. The van der Waals surface area contributed by atoms with Crippen LogP contribution in [0.25, 0.3) is 0 Å². The maximum atomic E-state index is 13.6. The Hall–Kier alpha value is -2.39. The van der Waals surface area contributed by atoms with Crippen molar-refractivity contribution in [3.8, 4) is 0 Å². The van der Waals surface area contributed by atoms with Gasteiger partial charge in [0.1, 0.15) is 12.6 Å². The Morgan fingerprint density at radius 1 is 1.12 bits per heavy atom. The first-order chi connectivity index (χ1) is 16.0. The maximum absolute atomic E-state index is 13.6. The summed E-state index contributed by atoms with van der Waals surface area (Å²) in [6.07, 6.45) is 2.86. The van der Waals surface area contributed by atoms with Crippen molar-refractivity contribution in [2.75, 3.05) is 23.7 Å². The van der Waals surface area contributed by atoms with Crippen LogP contribution >= 0.6 is 15.9 Å². The zero-order chi connectivity index (χ0) is 25.5. The van der Waals surface area contributed by atoms with Crippen LogP contribution in [-0.2, 0) is 26.2 Å². The minimum absolute atomic E-state index is 0.172. The van der Waals surface area contributed by atoms with Gasteiger partial charge in [-0.1, -0.05) is 53.5 Å². The molecule has 0 aliphatic rings. The molecule has 0 aromatic heterocycles. The van der Waals surface area contributed by atoms with Gasteiger partial charge >= 0.3 is 0 Å². The summed E-state index contributed by atoms with van der Waals surface area (Å²) in [5.41, 5.74) is 2.99. The van der Waals surface area contributed by atoms with Crippen LogP contribution in [0.4, 0.5) is 5.69 Å². The average Bonchev–Trinajstić information content (AvgIpc) is 2.76. The Morgan fingerprint density at radius 3 is 2.41 bits per heavy atom. The summed E-state index contributed by atoms with van der Waals surface area (Å²) in [4.78, 5) is 27.8. The van der Waals surface area contributed by atoms with Crippen LogP contribution in [0.15, 0.2) is 46.9 Å². The number of halogens is 1. The van der Waals surface area contributed by atoms with Crippen LogP contribution in [0.3, 0.4) is 0 Å². The van der Waals surface area contributed by atoms with Gasteiger partial charge in [-0.3, -0.25) is 13.9 Å². The molecule has 0 spiro atoms. The van der Waals surface area contributed by atoms with Gasteiger partial charge in [0.2, 0.25) is 21.8 Å². The van der Waals surface area contributed by atoms with E-state index in [2.05, 4.69) is 21.2 Å². The number of carbonyl (C=O) groups is 2. The normalized spacial score (nSPS) is 12.2. The molecular weight excluding hydrogens is 518 g/mol. The van der Waals surface area contributed by atoms with Gasteiger partial charge in [0, 0.05) is 17.6 Å². The molecule has 34 heavy (non-hydrogen) atoms. The highest BCUT2D eigenvalue weighted by molar-refractivity contribution is 9.10. The minimum atomic E-state index is -3.75. The van der Waals surface area contributed by atoms with Crippen LogP contribution in [0, 0.1) is 13.8 Å². The van der Waals surface area contributed by atoms with E-state index in [9.17, 15) is 18.0 Å². The number of sulfonamides is 1. The monoisotopic (exact) mass is 551 g/mol. The van der Waals surface area contributed by atoms with Gasteiger partial charge in [-0.25, -0.2) is 8.42 Å². The van der Waals surface area contributed by atoms with E-state index in [4.69, 9.17) is 0 Å². The van der Waals surface area contributed by atoms with Crippen LogP contribution in [0.2, 0.25) is 0 Å². The van der Waals surface area contributed by atoms with Crippen LogP contribution in [0.5, 0.6) is 0 Å². The molecular formula is C25H34BrN3O4S. The second kappa shape index (κ2) is 12.4. The highest BCUT2D eigenvalue weighted by Crippen LogP contribution is 2.25. The highest BCUT2D eigenvalue weighted by Gasteiger charge is 2.30. The number of hydrogen-bond acceptors (Lipinski definition) is 4. The molecule has 0 saturated carbocycles. The number of anilines is 1. The van der Waals surface area contributed by atoms with Gasteiger partial charge in [-0.05, 0) is 62.1 Å². The molecule has 2 amide bonds. The number of hydrogen-bond donors (Lipinski definition) is 1. The molecule has 2 aromatic rings. The van der Waals surface area contributed by atoms with Gasteiger partial charge in [-0.15, -0.1) is 0 Å². The zero-order valence-corrected chi connectivity index (χ0v) is 22.9. The van der Waals surface area contributed by atoms with Gasteiger partial charge in [-0.2, -0.15) is 0 Å². The number of carbonyl (C=O) groups excluding carboxylic acids is 2. The molecule has 0 saturated heterocycles. The summed E-state index contributed by atoms with van der Waals surface area (Å²) >= 11 is 3.44. The fourth-order valence-corrected chi connectivity index (χ4v) is 4.90. The third-order valence-corrected chi connectivity index (χ3v) is 7.38. The Kier molecular flexibility index (Phi) is 10.1. The Labute approximate surface area is 211 Å². The SMILES string of the molecule is CCCCNC(=O)[C@H](C)N(Cc1cccc(Br)c1)C(=O)CN(c1cccc(C)c1C)S(C)(=O)=O. The molecule has 186 valence electrons. The lowest BCUT2D eigenvalue weighted by Crippen LogP contribution is -2.51. The van der Waals surface area contributed by atoms with Gasteiger partial charge in [0.25, 0.3) is 0 Å². The molecule has 0 fully saturated rings. The molecule has 1 atom stereocenters. The summed E-state index contributed by atoms with van der Waals surface area (Å²) < 4.78 is 27.4. The zero-order valence-electron chi connectivity index (χ0n) is 20.5. The Morgan fingerprint density at radius 2 is 1.79 bits per heavy atom. The number of amides is 2. The van der Waals surface area contributed by atoms with Crippen LogP contribution in [0.1, 0.15) is 43.4 Å². The number of rotatable bonds is 11. The molecule has 0 radical (unpaired) electrons. The van der Waals surface area contributed by atoms with Gasteiger partial charge < -0.3 is 10.2 Å². The van der Waals surface area contributed by atoms with Crippen molar-refractivity contribution in [3.63, 3.8) is 0 Å². The lowest BCUT2D eigenvalue weighted by atomic mass is 10.1. The molecule has 2 rings (SSSR count). The fraction of sp³-hybridized carbons (Fsp3) is 0.440. The lowest BCUT2D eigenvalue weighted by molar-refractivity contribution is -0.139. The van der Waals surface area contributed by atoms with E-state index < -0.39 is 28.5 Å². The number of nitrogens with zero attached hydrogens (tertiary/aromatic N) is 2. The number of benzene rings is 2. The molecule has 0 aliphatic carbocycles. The van der Waals surface area contributed by atoms with Crippen molar-refractivity contribution in [1.29, 1.82) is 0 Å². The Bertz CT molecular complexity index is 1120. The summed E-state index contributed by atoms with van der Waals surface area (Å²) in [6.45, 7) is 7.72. The Balaban J connectivity index is 2.39. The first kappa shape index (κ1) is 27.9. The maximum Gasteiger partial charge on any atom is 0.244 e. The van der Waals surface area contributed by atoms with Crippen molar-refractivity contribution in [3.05, 3.63) is 63.6 Å². The third kappa shape index (κ3) is 7.56.